The Bertz CT molecular complexity index is 879. The molecule has 0 aliphatic carbocycles. The van der Waals surface area contributed by atoms with Gasteiger partial charge in [-0.1, -0.05) is 23.1 Å². The van der Waals surface area contributed by atoms with Gasteiger partial charge in [0, 0.05) is 11.1 Å². The number of nitrogens with zero attached hydrogens (tertiary/aromatic N) is 1. The highest BCUT2D eigenvalue weighted by molar-refractivity contribution is 7.99. The van der Waals surface area contributed by atoms with Gasteiger partial charge in [-0.05, 0) is 65.0 Å². The van der Waals surface area contributed by atoms with E-state index in [2.05, 4.69) is 4.40 Å². The number of thioether (sulfide) groups is 1. The molecule has 0 bridgehead atoms. The van der Waals surface area contributed by atoms with Crippen LogP contribution in [0.1, 0.15) is 51.3 Å². The van der Waals surface area contributed by atoms with Gasteiger partial charge < -0.3 is 8.97 Å². The zero-order chi connectivity index (χ0) is 18.9. The van der Waals surface area contributed by atoms with Gasteiger partial charge in [-0.3, -0.25) is 4.79 Å². The summed E-state index contributed by atoms with van der Waals surface area (Å²) in [5, 5.41) is 1.18. The van der Waals surface area contributed by atoms with Crippen molar-refractivity contribution in [3.63, 3.8) is 0 Å². The van der Waals surface area contributed by atoms with Crippen molar-refractivity contribution in [2.75, 3.05) is 5.75 Å². The number of hydrogen-bond donors (Lipinski definition) is 0. The number of rotatable bonds is 4. The minimum atomic E-state index is -1.37. The predicted octanol–water partition coefficient (Wildman–Crippen LogP) is 4.79. The standard InChI is InChI=1S/C19H25NO3S2/c1-8-24-18-12(3)16(21)15-10-11(2)9-14(17(15)23-18)13(4)20-25(22)19(5,6)7/h9-10H,8H2,1-7H3/b20-13+/t25-/m1/s1. The highest BCUT2D eigenvalue weighted by atomic mass is 32.2. The molecule has 0 spiro atoms. The Kier molecular flexibility index (Phi) is 6.07. The van der Waals surface area contributed by atoms with Crippen LogP contribution in [0.2, 0.25) is 0 Å². The first kappa shape index (κ1) is 20.1. The van der Waals surface area contributed by atoms with Crippen molar-refractivity contribution >= 4 is 39.8 Å². The zero-order valence-electron chi connectivity index (χ0n) is 15.9. The molecule has 25 heavy (non-hydrogen) atoms. The lowest BCUT2D eigenvalue weighted by atomic mass is 10.0. The third kappa shape index (κ3) is 4.30. The second-order valence-electron chi connectivity index (χ2n) is 7.00. The third-order valence-electron chi connectivity index (χ3n) is 3.73. The van der Waals surface area contributed by atoms with E-state index in [1.165, 1.54) is 11.8 Å². The van der Waals surface area contributed by atoms with Crippen molar-refractivity contribution in [1.29, 1.82) is 0 Å². The summed E-state index contributed by atoms with van der Waals surface area (Å²) in [7, 11) is 0. The Morgan fingerprint density at radius 3 is 2.52 bits per heavy atom. The molecule has 0 fully saturated rings. The maximum atomic E-state index is 12.8. The smallest absolute Gasteiger partial charge is 0.196 e. The molecule has 0 amide bonds. The minimum Gasteiger partial charge on any atom is -0.591 e. The minimum absolute atomic E-state index is 0.0214. The molecule has 4 nitrogen and oxygen atoms in total. The first-order chi connectivity index (χ1) is 11.6. The van der Waals surface area contributed by atoms with Crippen LogP contribution in [0.5, 0.6) is 0 Å². The van der Waals surface area contributed by atoms with E-state index in [9.17, 15) is 9.35 Å². The highest BCUT2D eigenvalue weighted by Crippen LogP contribution is 2.28. The molecule has 2 aromatic rings. The van der Waals surface area contributed by atoms with E-state index in [4.69, 9.17) is 4.42 Å². The summed E-state index contributed by atoms with van der Waals surface area (Å²) in [6.45, 7) is 13.2. The Balaban J connectivity index is 2.75. The van der Waals surface area contributed by atoms with E-state index in [1.54, 1.807) is 6.92 Å². The number of hydrogen-bond acceptors (Lipinski definition) is 5. The number of benzene rings is 1. The summed E-state index contributed by atoms with van der Waals surface area (Å²) in [6.07, 6.45) is 0. The van der Waals surface area contributed by atoms with E-state index in [0.29, 0.717) is 27.3 Å². The normalized spacial score (nSPS) is 14.2. The maximum absolute atomic E-state index is 12.8. The van der Waals surface area contributed by atoms with Crippen molar-refractivity contribution in [3.8, 4) is 0 Å². The molecule has 0 unspecified atom stereocenters. The number of fused-ring (bicyclic) bond motifs is 1. The molecule has 1 aromatic carbocycles. The molecule has 1 aromatic heterocycles. The largest absolute Gasteiger partial charge is 0.591 e. The van der Waals surface area contributed by atoms with Crippen LogP contribution in [-0.2, 0) is 11.4 Å². The second-order valence-corrected chi connectivity index (χ2v) is 10.1. The Morgan fingerprint density at radius 1 is 1.32 bits per heavy atom. The maximum Gasteiger partial charge on any atom is 0.196 e. The van der Waals surface area contributed by atoms with Gasteiger partial charge in [-0.15, -0.1) is 0 Å². The second kappa shape index (κ2) is 7.56. The summed E-state index contributed by atoms with van der Waals surface area (Å²) in [6, 6.07) is 3.77. The molecule has 0 aliphatic rings. The van der Waals surface area contributed by atoms with E-state index in [0.717, 1.165) is 16.9 Å². The van der Waals surface area contributed by atoms with Crippen LogP contribution in [0.15, 0.2) is 30.8 Å². The van der Waals surface area contributed by atoms with E-state index in [-0.39, 0.29) is 5.43 Å². The lowest BCUT2D eigenvalue weighted by Gasteiger charge is -2.19. The van der Waals surface area contributed by atoms with Gasteiger partial charge in [0.25, 0.3) is 0 Å². The molecule has 2 rings (SSSR count). The van der Waals surface area contributed by atoms with Crippen LogP contribution >= 0.6 is 11.8 Å². The lowest BCUT2D eigenvalue weighted by molar-refractivity contribution is 0.492. The first-order valence-electron chi connectivity index (χ1n) is 8.24. The number of aryl methyl sites for hydroxylation is 1. The molecular formula is C19H25NO3S2. The van der Waals surface area contributed by atoms with Crippen molar-refractivity contribution in [3.05, 3.63) is 39.0 Å². The van der Waals surface area contributed by atoms with Gasteiger partial charge in [0.15, 0.2) is 10.5 Å². The Hall–Kier alpha value is -1.24. The predicted molar refractivity (Wildman–Crippen MR) is 108 cm³/mol. The van der Waals surface area contributed by atoms with Crippen LogP contribution in [0.3, 0.4) is 0 Å². The zero-order valence-corrected chi connectivity index (χ0v) is 17.5. The van der Waals surface area contributed by atoms with Gasteiger partial charge in [-0.2, -0.15) is 0 Å². The molecule has 1 atom stereocenters. The van der Waals surface area contributed by atoms with Crippen LogP contribution in [-0.4, -0.2) is 20.8 Å². The summed E-state index contributed by atoms with van der Waals surface area (Å²) >= 11 is 0.134. The Labute approximate surface area is 156 Å². The molecule has 0 N–H and O–H groups in total. The third-order valence-corrected chi connectivity index (χ3v) is 6.16. The van der Waals surface area contributed by atoms with Crippen LogP contribution < -0.4 is 5.43 Å². The molecule has 6 heteroatoms. The van der Waals surface area contributed by atoms with Gasteiger partial charge in [0.1, 0.15) is 21.7 Å². The van der Waals surface area contributed by atoms with Crippen molar-refractivity contribution in [2.24, 2.45) is 4.40 Å². The van der Waals surface area contributed by atoms with Crippen LogP contribution in [0.25, 0.3) is 11.0 Å². The summed E-state index contributed by atoms with van der Waals surface area (Å²) < 4.78 is 22.4. The van der Waals surface area contributed by atoms with Gasteiger partial charge in [0.05, 0.1) is 11.1 Å². The molecular weight excluding hydrogens is 354 g/mol. The topological polar surface area (TPSA) is 65.6 Å². The van der Waals surface area contributed by atoms with Crippen molar-refractivity contribution in [1.82, 2.24) is 0 Å². The molecule has 0 saturated heterocycles. The monoisotopic (exact) mass is 379 g/mol. The van der Waals surface area contributed by atoms with Gasteiger partial charge >= 0.3 is 0 Å². The quantitative estimate of drug-likeness (QED) is 0.435. The fourth-order valence-corrected chi connectivity index (χ4v) is 3.70. The summed E-state index contributed by atoms with van der Waals surface area (Å²) in [5.74, 6) is 0.817. The van der Waals surface area contributed by atoms with Gasteiger partial charge in [-0.25, -0.2) is 0 Å². The molecule has 1 heterocycles. The highest BCUT2D eigenvalue weighted by Gasteiger charge is 2.27. The van der Waals surface area contributed by atoms with Crippen LogP contribution in [0, 0.1) is 13.8 Å². The summed E-state index contributed by atoms with van der Waals surface area (Å²) in [4.78, 5) is 12.8. The fraction of sp³-hybridized carbons (Fsp3) is 0.474. The average molecular weight is 380 g/mol. The van der Waals surface area contributed by atoms with Crippen molar-refractivity contribution < 1.29 is 8.97 Å². The van der Waals surface area contributed by atoms with E-state index in [1.807, 2.05) is 53.7 Å². The molecule has 0 saturated carbocycles. The molecule has 0 radical (unpaired) electrons. The van der Waals surface area contributed by atoms with Gasteiger partial charge in [0.2, 0.25) is 0 Å². The van der Waals surface area contributed by atoms with E-state index < -0.39 is 16.1 Å². The Morgan fingerprint density at radius 2 is 1.96 bits per heavy atom. The fourth-order valence-electron chi connectivity index (χ4n) is 2.36. The summed E-state index contributed by atoms with van der Waals surface area (Å²) in [5.41, 5.74) is 3.41. The lowest BCUT2D eigenvalue weighted by Crippen LogP contribution is -2.26. The van der Waals surface area contributed by atoms with Crippen molar-refractivity contribution in [2.45, 2.75) is 58.3 Å². The van der Waals surface area contributed by atoms with Crippen LogP contribution in [0.4, 0.5) is 0 Å². The van der Waals surface area contributed by atoms with E-state index >= 15 is 0 Å². The molecule has 0 aliphatic heterocycles. The SMILES string of the molecule is CCSc1oc2c(/C(C)=N/[S@+]([O-])C(C)(C)C)cc(C)cc2c(=O)c1C. The average Bonchev–Trinajstić information content (AvgIpc) is 2.51. The first-order valence-corrected chi connectivity index (χ1v) is 10.3. The molecule has 136 valence electrons.